The van der Waals surface area contributed by atoms with Crippen LogP contribution in [0.3, 0.4) is 0 Å². The van der Waals surface area contributed by atoms with Gasteiger partial charge in [-0.25, -0.2) is 9.50 Å². The van der Waals surface area contributed by atoms with Gasteiger partial charge in [-0.2, -0.15) is 4.98 Å². The van der Waals surface area contributed by atoms with Crippen LogP contribution in [-0.2, 0) is 4.79 Å². The highest BCUT2D eigenvalue weighted by Crippen LogP contribution is 2.31. The zero-order chi connectivity index (χ0) is 22.1. The fourth-order valence-electron chi connectivity index (χ4n) is 3.48. The van der Waals surface area contributed by atoms with E-state index in [-0.39, 0.29) is 17.9 Å². The van der Waals surface area contributed by atoms with E-state index in [9.17, 15) is 4.79 Å². The minimum atomic E-state index is -0.156. The molecule has 1 atom stereocenters. The van der Waals surface area contributed by atoms with Crippen molar-refractivity contribution >= 4 is 17.5 Å². The van der Waals surface area contributed by atoms with Gasteiger partial charge in [-0.1, -0.05) is 12.1 Å². The zero-order valence-corrected chi connectivity index (χ0v) is 17.9. The molecule has 162 valence electrons. The normalized spacial score (nSPS) is 14.2. The van der Waals surface area contributed by atoms with Crippen LogP contribution in [0, 0.1) is 5.92 Å². The van der Waals surface area contributed by atoms with Gasteiger partial charge >= 0.3 is 0 Å². The predicted octanol–water partition coefficient (Wildman–Crippen LogP) is 4.29. The average Bonchev–Trinajstić information content (AvgIpc) is 3.59. The number of hydrogen-bond acceptors (Lipinski definition) is 6. The Morgan fingerprint density at radius 1 is 1.16 bits per heavy atom. The van der Waals surface area contributed by atoms with Gasteiger partial charge < -0.3 is 9.47 Å². The van der Waals surface area contributed by atoms with E-state index in [0.29, 0.717) is 17.5 Å². The lowest BCUT2D eigenvalue weighted by Gasteiger charge is -2.15. The van der Waals surface area contributed by atoms with Crippen molar-refractivity contribution in [2.24, 2.45) is 5.92 Å². The first-order valence-corrected chi connectivity index (χ1v) is 10.5. The number of ether oxygens (including phenoxy) is 2. The lowest BCUT2D eigenvalue weighted by molar-refractivity contribution is -0.117. The van der Waals surface area contributed by atoms with Crippen LogP contribution in [0.1, 0.15) is 31.4 Å². The number of carbonyl (C=O) groups is 1. The maximum absolute atomic E-state index is 12.0. The molecule has 0 aliphatic heterocycles. The van der Waals surface area contributed by atoms with E-state index in [2.05, 4.69) is 20.4 Å². The Morgan fingerprint density at radius 2 is 1.97 bits per heavy atom. The van der Waals surface area contributed by atoms with E-state index in [1.165, 1.54) is 0 Å². The lowest BCUT2D eigenvalue weighted by atomic mass is 10.1. The van der Waals surface area contributed by atoms with E-state index in [4.69, 9.17) is 9.47 Å². The van der Waals surface area contributed by atoms with Gasteiger partial charge in [0.05, 0.1) is 7.11 Å². The topological polar surface area (TPSA) is 90.6 Å². The second-order valence-electron chi connectivity index (χ2n) is 7.81. The summed E-state index contributed by atoms with van der Waals surface area (Å²) >= 11 is 0. The number of nitrogens with one attached hydrogen (secondary N) is 1. The van der Waals surface area contributed by atoms with Gasteiger partial charge in [0, 0.05) is 35.5 Å². The third-order valence-electron chi connectivity index (χ3n) is 5.46. The third kappa shape index (κ3) is 4.12. The first kappa shape index (κ1) is 20.0. The molecule has 8 nitrogen and oxygen atoms in total. The fraction of sp³-hybridized carbons (Fsp3) is 0.250. The highest BCUT2D eigenvalue weighted by molar-refractivity contribution is 5.93. The summed E-state index contributed by atoms with van der Waals surface area (Å²) in [5, 5.41) is 7.20. The molecule has 32 heavy (non-hydrogen) atoms. The molecule has 3 aromatic heterocycles. The van der Waals surface area contributed by atoms with Crippen LogP contribution in [0.4, 0.5) is 5.95 Å². The van der Waals surface area contributed by atoms with Crippen LogP contribution in [0.15, 0.2) is 60.9 Å². The first-order valence-electron chi connectivity index (χ1n) is 10.5. The van der Waals surface area contributed by atoms with Crippen LogP contribution < -0.4 is 14.8 Å². The van der Waals surface area contributed by atoms with E-state index < -0.39 is 0 Å². The molecule has 0 bridgehead atoms. The molecule has 5 rings (SSSR count). The SMILES string of the molecule is COc1ccc(C(C)Oc2ccc(-c3cccn4nc(NC(=O)C5CC5)nc34)cc2)cn1. The van der Waals surface area contributed by atoms with Crippen LogP contribution >= 0.6 is 0 Å². The Hall–Kier alpha value is -3.94. The molecule has 8 heteroatoms. The van der Waals surface area contributed by atoms with E-state index in [1.54, 1.807) is 17.8 Å². The van der Waals surface area contributed by atoms with Gasteiger partial charge in [0.2, 0.25) is 17.7 Å². The number of anilines is 1. The van der Waals surface area contributed by atoms with Crippen molar-refractivity contribution in [2.75, 3.05) is 12.4 Å². The lowest BCUT2D eigenvalue weighted by Crippen LogP contribution is -2.14. The van der Waals surface area contributed by atoms with Gasteiger partial charge in [0.15, 0.2) is 5.65 Å². The van der Waals surface area contributed by atoms with Crippen LogP contribution in [-0.4, -0.2) is 32.6 Å². The number of rotatable bonds is 7. The molecule has 1 aromatic carbocycles. The van der Waals surface area contributed by atoms with Crippen molar-refractivity contribution in [2.45, 2.75) is 25.9 Å². The Morgan fingerprint density at radius 3 is 2.66 bits per heavy atom. The van der Waals surface area contributed by atoms with Crippen LogP contribution in [0.5, 0.6) is 11.6 Å². The zero-order valence-electron chi connectivity index (χ0n) is 17.9. The summed E-state index contributed by atoms with van der Waals surface area (Å²) in [6.45, 7) is 1.98. The van der Waals surface area contributed by atoms with Gasteiger partial charge in [0.25, 0.3) is 0 Å². The molecule has 1 unspecified atom stereocenters. The van der Waals surface area contributed by atoms with Crippen LogP contribution in [0.2, 0.25) is 0 Å². The van der Waals surface area contributed by atoms with E-state index in [1.807, 2.05) is 61.7 Å². The van der Waals surface area contributed by atoms with Crippen molar-refractivity contribution in [3.8, 4) is 22.8 Å². The Kier molecular flexibility index (Phi) is 5.18. The van der Waals surface area contributed by atoms with Crippen molar-refractivity contribution in [3.63, 3.8) is 0 Å². The third-order valence-corrected chi connectivity index (χ3v) is 5.46. The summed E-state index contributed by atoms with van der Waals surface area (Å²) < 4.78 is 12.9. The number of fused-ring (bicyclic) bond motifs is 1. The smallest absolute Gasteiger partial charge is 0.249 e. The van der Waals surface area contributed by atoms with Crippen molar-refractivity contribution in [1.29, 1.82) is 0 Å². The predicted molar refractivity (Wildman–Crippen MR) is 120 cm³/mol. The quantitative estimate of drug-likeness (QED) is 0.471. The number of pyridine rings is 2. The van der Waals surface area contributed by atoms with E-state index in [0.717, 1.165) is 35.3 Å². The summed E-state index contributed by atoms with van der Waals surface area (Å²) in [5.74, 6) is 1.75. The number of nitrogens with zero attached hydrogens (tertiary/aromatic N) is 4. The Balaban J connectivity index is 1.33. The first-order chi connectivity index (χ1) is 15.6. The largest absolute Gasteiger partial charge is 0.486 e. The monoisotopic (exact) mass is 429 g/mol. The molecular formula is C24H23N5O3. The summed E-state index contributed by atoms with van der Waals surface area (Å²) in [4.78, 5) is 20.8. The number of carbonyl (C=O) groups excluding carboxylic acids is 1. The molecule has 1 N–H and O–H groups in total. The van der Waals surface area contributed by atoms with Gasteiger partial charge in [-0.3, -0.25) is 10.1 Å². The second kappa shape index (κ2) is 8.30. The Labute approximate surface area is 185 Å². The van der Waals surface area contributed by atoms with Gasteiger partial charge in [0.1, 0.15) is 11.9 Å². The number of aromatic nitrogens is 4. The molecule has 0 saturated heterocycles. The number of benzene rings is 1. The van der Waals surface area contributed by atoms with Gasteiger partial charge in [-0.15, -0.1) is 5.10 Å². The molecule has 4 aromatic rings. The maximum atomic E-state index is 12.0. The minimum Gasteiger partial charge on any atom is -0.486 e. The minimum absolute atomic E-state index is 0.00913. The van der Waals surface area contributed by atoms with Crippen molar-refractivity contribution < 1.29 is 14.3 Å². The van der Waals surface area contributed by atoms with E-state index >= 15 is 0 Å². The second-order valence-corrected chi connectivity index (χ2v) is 7.81. The molecule has 1 amide bonds. The standard InChI is InChI=1S/C24H23N5O3/c1-15(18-9-12-21(31-2)25-14-18)32-19-10-7-16(8-11-19)20-4-3-13-29-22(20)26-24(28-29)27-23(30)17-5-6-17/h3-4,7-15,17H,5-6H2,1-2H3,(H,27,28,30). The molecule has 1 fully saturated rings. The molecule has 0 radical (unpaired) electrons. The molecule has 1 saturated carbocycles. The van der Waals surface area contributed by atoms with Crippen molar-refractivity contribution in [1.82, 2.24) is 19.6 Å². The maximum Gasteiger partial charge on any atom is 0.249 e. The summed E-state index contributed by atoms with van der Waals surface area (Å²) in [7, 11) is 1.59. The highest BCUT2D eigenvalue weighted by atomic mass is 16.5. The highest BCUT2D eigenvalue weighted by Gasteiger charge is 2.30. The molecule has 1 aliphatic rings. The molecule has 1 aliphatic carbocycles. The molecule has 0 spiro atoms. The van der Waals surface area contributed by atoms with Gasteiger partial charge in [-0.05, 0) is 55.7 Å². The average molecular weight is 429 g/mol. The fourth-order valence-corrected chi connectivity index (χ4v) is 3.48. The Bertz CT molecular complexity index is 1250. The summed E-state index contributed by atoms with van der Waals surface area (Å²) in [5.41, 5.74) is 3.55. The number of hydrogen-bond donors (Lipinski definition) is 1. The molecule has 3 heterocycles. The van der Waals surface area contributed by atoms with Crippen molar-refractivity contribution in [3.05, 3.63) is 66.5 Å². The summed E-state index contributed by atoms with van der Waals surface area (Å²) in [6, 6.07) is 15.5. The number of amides is 1. The number of methoxy groups -OCH3 is 1. The summed E-state index contributed by atoms with van der Waals surface area (Å²) in [6.07, 6.45) is 5.29. The van der Waals surface area contributed by atoms with Crippen LogP contribution in [0.25, 0.3) is 16.8 Å². The molecular weight excluding hydrogens is 406 g/mol.